The first kappa shape index (κ1) is 18.7. The Labute approximate surface area is 168 Å². The molecule has 3 aromatic heterocycles. The van der Waals surface area contributed by atoms with Crippen molar-refractivity contribution in [1.82, 2.24) is 15.1 Å². The van der Waals surface area contributed by atoms with Crippen LogP contribution in [0.15, 0.2) is 47.2 Å². The van der Waals surface area contributed by atoms with Gasteiger partial charge in [0.2, 0.25) is 0 Å². The monoisotopic (exact) mass is 389 g/mol. The van der Waals surface area contributed by atoms with Gasteiger partial charge in [-0.2, -0.15) is 0 Å². The van der Waals surface area contributed by atoms with E-state index in [1.54, 1.807) is 19.5 Å². The van der Waals surface area contributed by atoms with Gasteiger partial charge in [0.1, 0.15) is 11.5 Å². The minimum absolute atomic E-state index is 0.0302. The van der Waals surface area contributed by atoms with Crippen molar-refractivity contribution in [2.45, 2.75) is 26.8 Å². The number of fused-ring (bicyclic) bond motifs is 1. The zero-order valence-electron chi connectivity index (χ0n) is 16.9. The van der Waals surface area contributed by atoms with Gasteiger partial charge in [-0.3, -0.25) is 9.97 Å². The minimum atomic E-state index is -0.0302. The van der Waals surface area contributed by atoms with Crippen LogP contribution in [0.25, 0.3) is 22.0 Å². The number of anilines is 2. The van der Waals surface area contributed by atoms with Crippen LogP contribution in [-0.4, -0.2) is 22.2 Å². The Kier molecular flexibility index (Phi) is 4.80. The fourth-order valence-electron chi connectivity index (χ4n) is 3.55. The third-order valence-corrected chi connectivity index (χ3v) is 5.01. The molecule has 1 unspecified atom stereocenters. The summed E-state index contributed by atoms with van der Waals surface area (Å²) in [5.41, 5.74) is 12.0. The highest BCUT2D eigenvalue weighted by Crippen LogP contribution is 2.40. The first-order valence-electron chi connectivity index (χ1n) is 9.36. The van der Waals surface area contributed by atoms with E-state index in [0.717, 1.165) is 44.9 Å². The summed E-state index contributed by atoms with van der Waals surface area (Å²) in [6.45, 7) is 5.84. The van der Waals surface area contributed by atoms with E-state index in [4.69, 9.17) is 15.0 Å². The summed E-state index contributed by atoms with van der Waals surface area (Å²) < 4.78 is 11.0. The number of hydrogen-bond donors (Lipinski definition) is 2. The van der Waals surface area contributed by atoms with Gasteiger partial charge in [0.15, 0.2) is 0 Å². The predicted molar refractivity (Wildman–Crippen MR) is 114 cm³/mol. The van der Waals surface area contributed by atoms with Crippen LogP contribution in [0.3, 0.4) is 0 Å². The number of nitrogens with zero attached hydrogens (tertiary/aromatic N) is 3. The fourth-order valence-corrected chi connectivity index (χ4v) is 3.55. The number of methoxy groups -OCH3 is 1. The summed E-state index contributed by atoms with van der Waals surface area (Å²) in [5.74, 6) is 1.44. The Hall–Kier alpha value is -3.61. The Morgan fingerprint density at radius 2 is 2.00 bits per heavy atom. The smallest absolute Gasteiger partial charge is 0.141 e. The molecule has 4 aromatic rings. The molecular formula is C22H23N5O2. The summed E-state index contributed by atoms with van der Waals surface area (Å²) in [5, 5.41) is 8.42. The van der Waals surface area contributed by atoms with Crippen LogP contribution in [-0.2, 0) is 0 Å². The maximum Gasteiger partial charge on any atom is 0.141 e. The lowest BCUT2D eigenvalue weighted by atomic mass is 10.00. The second kappa shape index (κ2) is 7.43. The summed E-state index contributed by atoms with van der Waals surface area (Å²) in [4.78, 5) is 8.96. The zero-order chi connectivity index (χ0) is 20.5. The van der Waals surface area contributed by atoms with Crippen molar-refractivity contribution in [1.29, 1.82) is 0 Å². The number of aromatic nitrogens is 3. The second-order valence-electron chi connectivity index (χ2n) is 6.98. The quantitative estimate of drug-likeness (QED) is 0.512. The SMILES string of the molecule is COc1cc2c(NC(C)c3ccccn3)c(N)cnc2cc1-c1c(C)noc1C. The highest BCUT2D eigenvalue weighted by Gasteiger charge is 2.19. The molecule has 0 bridgehead atoms. The number of aryl methyl sites for hydroxylation is 2. The van der Waals surface area contributed by atoms with Crippen LogP contribution in [0.5, 0.6) is 5.75 Å². The number of nitrogens with one attached hydrogen (secondary N) is 1. The van der Waals surface area contributed by atoms with Gasteiger partial charge in [-0.05, 0) is 45.0 Å². The molecule has 0 aliphatic carbocycles. The van der Waals surface area contributed by atoms with Gasteiger partial charge in [-0.25, -0.2) is 0 Å². The Morgan fingerprint density at radius 1 is 1.17 bits per heavy atom. The number of benzene rings is 1. The molecule has 7 nitrogen and oxygen atoms in total. The van der Waals surface area contributed by atoms with E-state index in [0.29, 0.717) is 11.4 Å². The van der Waals surface area contributed by atoms with Gasteiger partial charge in [-0.15, -0.1) is 0 Å². The molecule has 4 rings (SSSR count). The van der Waals surface area contributed by atoms with Gasteiger partial charge in [0.05, 0.1) is 53.2 Å². The van der Waals surface area contributed by atoms with E-state index in [-0.39, 0.29) is 6.04 Å². The van der Waals surface area contributed by atoms with Crippen LogP contribution < -0.4 is 15.8 Å². The average molecular weight is 389 g/mol. The maximum atomic E-state index is 6.27. The minimum Gasteiger partial charge on any atom is -0.496 e. The van der Waals surface area contributed by atoms with Crippen LogP contribution in [0, 0.1) is 13.8 Å². The summed E-state index contributed by atoms with van der Waals surface area (Å²) >= 11 is 0. The van der Waals surface area contributed by atoms with E-state index in [2.05, 4.69) is 20.4 Å². The molecule has 0 saturated carbocycles. The Balaban J connectivity index is 1.85. The molecule has 0 fully saturated rings. The standard InChI is InChI=1S/C22H23N5O2/c1-12(18-7-5-6-8-24-18)26-22-15-10-20(28-4)16(9-19(15)25-11-17(22)23)21-13(2)27-29-14(21)3/h5-12H,23H2,1-4H3,(H,25,26). The van der Waals surface area contributed by atoms with Gasteiger partial charge in [0, 0.05) is 17.1 Å². The van der Waals surface area contributed by atoms with Crippen molar-refractivity contribution in [2.24, 2.45) is 0 Å². The molecule has 29 heavy (non-hydrogen) atoms. The molecule has 0 saturated heterocycles. The van der Waals surface area contributed by atoms with Crippen molar-refractivity contribution < 1.29 is 9.26 Å². The molecule has 1 atom stereocenters. The number of hydrogen-bond acceptors (Lipinski definition) is 7. The molecule has 0 spiro atoms. The summed E-state index contributed by atoms with van der Waals surface area (Å²) in [6, 6.07) is 9.75. The number of nitrogens with two attached hydrogens (primary N) is 1. The van der Waals surface area contributed by atoms with Crippen molar-refractivity contribution in [2.75, 3.05) is 18.2 Å². The molecule has 7 heteroatoms. The molecule has 3 heterocycles. The summed E-state index contributed by atoms with van der Waals surface area (Å²) in [6.07, 6.45) is 3.44. The Bertz CT molecular complexity index is 1150. The Morgan fingerprint density at radius 3 is 2.66 bits per heavy atom. The third-order valence-electron chi connectivity index (χ3n) is 5.01. The predicted octanol–water partition coefficient (Wildman–Crippen LogP) is 4.67. The highest BCUT2D eigenvalue weighted by atomic mass is 16.5. The topological polar surface area (TPSA) is 99.1 Å². The van der Waals surface area contributed by atoms with E-state index in [1.165, 1.54) is 0 Å². The average Bonchev–Trinajstić information content (AvgIpc) is 3.07. The first-order valence-corrected chi connectivity index (χ1v) is 9.36. The van der Waals surface area contributed by atoms with Crippen LogP contribution in [0.1, 0.15) is 30.1 Å². The lowest BCUT2D eigenvalue weighted by Gasteiger charge is -2.19. The number of ether oxygens (including phenoxy) is 1. The van der Waals surface area contributed by atoms with Gasteiger partial charge in [0.25, 0.3) is 0 Å². The van der Waals surface area contributed by atoms with Crippen LogP contribution in [0.4, 0.5) is 11.4 Å². The molecule has 0 aliphatic heterocycles. The molecule has 0 radical (unpaired) electrons. The zero-order valence-corrected chi connectivity index (χ0v) is 16.9. The van der Waals surface area contributed by atoms with Gasteiger partial charge < -0.3 is 20.3 Å². The maximum absolute atomic E-state index is 6.27. The normalized spacial score (nSPS) is 12.1. The van der Waals surface area contributed by atoms with Crippen molar-refractivity contribution in [3.05, 3.63) is 59.9 Å². The number of nitrogen functional groups attached to an aromatic ring is 1. The molecule has 3 N–H and O–H groups in total. The lowest BCUT2D eigenvalue weighted by Crippen LogP contribution is -2.10. The van der Waals surface area contributed by atoms with Crippen molar-refractivity contribution in [3.8, 4) is 16.9 Å². The van der Waals surface area contributed by atoms with Crippen LogP contribution in [0.2, 0.25) is 0 Å². The van der Waals surface area contributed by atoms with E-state index in [1.807, 2.05) is 51.1 Å². The summed E-state index contributed by atoms with van der Waals surface area (Å²) in [7, 11) is 1.65. The van der Waals surface area contributed by atoms with Gasteiger partial charge in [-0.1, -0.05) is 11.2 Å². The molecule has 0 aliphatic rings. The van der Waals surface area contributed by atoms with Crippen LogP contribution >= 0.6 is 0 Å². The lowest BCUT2D eigenvalue weighted by molar-refractivity contribution is 0.393. The molecule has 148 valence electrons. The van der Waals surface area contributed by atoms with Crippen molar-refractivity contribution in [3.63, 3.8) is 0 Å². The molecular weight excluding hydrogens is 366 g/mol. The second-order valence-corrected chi connectivity index (χ2v) is 6.98. The largest absolute Gasteiger partial charge is 0.496 e. The number of rotatable bonds is 5. The van der Waals surface area contributed by atoms with E-state index >= 15 is 0 Å². The first-order chi connectivity index (χ1) is 14.0. The molecule has 1 aromatic carbocycles. The van der Waals surface area contributed by atoms with E-state index < -0.39 is 0 Å². The van der Waals surface area contributed by atoms with Crippen molar-refractivity contribution >= 4 is 22.3 Å². The number of pyridine rings is 2. The fraction of sp³-hybridized carbons (Fsp3) is 0.227. The third kappa shape index (κ3) is 3.35. The highest BCUT2D eigenvalue weighted by molar-refractivity contribution is 6.00. The molecule has 0 amide bonds. The van der Waals surface area contributed by atoms with Gasteiger partial charge >= 0.3 is 0 Å². The van der Waals surface area contributed by atoms with E-state index in [9.17, 15) is 0 Å².